The van der Waals surface area contributed by atoms with Crippen molar-refractivity contribution in [3.05, 3.63) is 82.5 Å². The number of hydrogen-bond acceptors (Lipinski definition) is 1. The average molecular weight is 386 g/mol. The molecular formula is C23H25Cl2N. The molecule has 3 rings (SSSR count). The van der Waals surface area contributed by atoms with Crippen molar-refractivity contribution in [2.24, 2.45) is 5.92 Å². The number of rotatable bonds is 2. The average Bonchev–Trinajstić information content (AvgIpc) is 2.67. The molecule has 1 aliphatic rings. The molecule has 1 aromatic carbocycles. The van der Waals surface area contributed by atoms with Gasteiger partial charge in [-0.25, -0.2) is 0 Å². The minimum Gasteiger partial charge on any atom is -0.265 e. The number of allylic oxidation sites excluding steroid dienone is 4. The molecule has 1 unspecified atom stereocenters. The van der Waals surface area contributed by atoms with Gasteiger partial charge in [0.25, 0.3) is 0 Å². The normalized spacial score (nSPS) is 18.3. The van der Waals surface area contributed by atoms with E-state index in [-0.39, 0.29) is 5.92 Å². The van der Waals surface area contributed by atoms with Gasteiger partial charge in [-0.05, 0) is 41.0 Å². The quantitative estimate of drug-likeness (QED) is 0.629. The van der Waals surface area contributed by atoms with E-state index in [1.54, 1.807) is 12.4 Å². The SMILES string of the molecule is C/C(=C\C=C1\C(Cl)=c2ccccc2=C(Cl)C1C)c1ccncc1.CCC. The van der Waals surface area contributed by atoms with Crippen molar-refractivity contribution in [1.29, 1.82) is 0 Å². The summed E-state index contributed by atoms with van der Waals surface area (Å²) in [7, 11) is 0. The molecule has 0 spiro atoms. The summed E-state index contributed by atoms with van der Waals surface area (Å²) in [6, 6.07) is 12.0. The van der Waals surface area contributed by atoms with E-state index in [9.17, 15) is 0 Å². The van der Waals surface area contributed by atoms with Crippen molar-refractivity contribution in [3.63, 3.8) is 0 Å². The summed E-state index contributed by atoms with van der Waals surface area (Å²) in [5.41, 5.74) is 3.35. The molecule has 2 aromatic rings. The Labute approximate surface area is 166 Å². The first-order valence-corrected chi connectivity index (χ1v) is 9.70. The maximum Gasteiger partial charge on any atom is 0.0523 e. The van der Waals surface area contributed by atoms with Crippen LogP contribution in [-0.4, -0.2) is 4.98 Å². The molecule has 0 N–H and O–H groups in total. The zero-order chi connectivity index (χ0) is 19.1. The second-order valence-corrected chi connectivity index (χ2v) is 7.13. The standard InChI is InChI=1S/C20H17Cl2N.C3H8/c1-13(15-9-11-23-12-10-15)7-8-16-14(2)19(21)17-5-3-4-6-18(17)20(16)22;1-3-2/h3-12,14H,1-2H3;3H2,1-2H3/b13-7+,16-8+;. The van der Waals surface area contributed by atoms with Gasteiger partial charge in [-0.1, -0.05) is 86.8 Å². The Bertz CT molecular complexity index is 924. The first kappa shape index (κ1) is 20.5. The highest BCUT2D eigenvalue weighted by Gasteiger charge is 2.20. The first-order chi connectivity index (χ1) is 12.5. The Morgan fingerprint density at radius 1 is 1.04 bits per heavy atom. The van der Waals surface area contributed by atoms with E-state index < -0.39 is 0 Å². The number of halogens is 2. The van der Waals surface area contributed by atoms with Gasteiger partial charge in [0.05, 0.1) is 5.03 Å². The second-order valence-electron chi connectivity index (χ2n) is 6.34. The van der Waals surface area contributed by atoms with Crippen molar-refractivity contribution in [2.75, 3.05) is 0 Å². The predicted molar refractivity (Wildman–Crippen MR) is 115 cm³/mol. The Kier molecular flexibility index (Phi) is 7.68. The van der Waals surface area contributed by atoms with Crippen LogP contribution in [0.2, 0.25) is 0 Å². The molecule has 0 amide bonds. The van der Waals surface area contributed by atoms with Gasteiger partial charge in [-0.15, -0.1) is 0 Å². The zero-order valence-corrected chi connectivity index (χ0v) is 17.3. The van der Waals surface area contributed by atoms with E-state index in [1.165, 1.54) is 6.42 Å². The molecule has 1 aliphatic carbocycles. The molecule has 0 bridgehead atoms. The maximum atomic E-state index is 6.64. The van der Waals surface area contributed by atoms with Gasteiger partial charge in [0.1, 0.15) is 0 Å². The smallest absolute Gasteiger partial charge is 0.0523 e. The van der Waals surface area contributed by atoms with Gasteiger partial charge >= 0.3 is 0 Å². The van der Waals surface area contributed by atoms with E-state index in [1.807, 2.05) is 36.4 Å². The Balaban J connectivity index is 0.000000758. The maximum absolute atomic E-state index is 6.64. The summed E-state index contributed by atoms with van der Waals surface area (Å²) in [5.74, 6) is 0.0838. The van der Waals surface area contributed by atoms with E-state index in [2.05, 4.69) is 44.8 Å². The zero-order valence-electron chi connectivity index (χ0n) is 15.8. The number of hydrogen-bond donors (Lipinski definition) is 0. The molecule has 3 heteroatoms. The Morgan fingerprint density at radius 2 is 1.62 bits per heavy atom. The van der Waals surface area contributed by atoms with Crippen LogP contribution in [0, 0.1) is 5.92 Å². The number of aromatic nitrogens is 1. The number of benzene rings is 1. The number of nitrogens with zero attached hydrogens (tertiary/aromatic N) is 1. The van der Waals surface area contributed by atoms with Crippen molar-refractivity contribution in [1.82, 2.24) is 4.98 Å². The molecule has 1 heterocycles. The minimum absolute atomic E-state index is 0.0838. The summed E-state index contributed by atoms with van der Waals surface area (Å²) in [6.07, 6.45) is 8.99. The van der Waals surface area contributed by atoms with Crippen LogP contribution in [0.15, 0.2) is 66.5 Å². The molecule has 0 saturated carbocycles. The number of pyridine rings is 1. The van der Waals surface area contributed by atoms with Crippen LogP contribution in [0.3, 0.4) is 0 Å². The van der Waals surface area contributed by atoms with Gasteiger partial charge in [0.2, 0.25) is 0 Å². The van der Waals surface area contributed by atoms with Crippen molar-refractivity contribution < 1.29 is 0 Å². The largest absolute Gasteiger partial charge is 0.265 e. The van der Waals surface area contributed by atoms with Gasteiger partial charge in [0, 0.05) is 28.6 Å². The van der Waals surface area contributed by atoms with E-state index in [4.69, 9.17) is 23.2 Å². The molecule has 1 atom stereocenters. The van der Waals surface area contributed by atoms with Gasteiger partial charge in [-0.3, -0.25) is 4.98 Å². The third kappa shape index (κ3) is 4.66. The molecule has 0 radical (unpaired) electrons. The Hall–Kier alpha value is -1.83. The molecule has 26 heavy (non-hydrogen) atoms. The summed E-state index contributed by atoms with van der Waals surface area (Å²) in [5, 5.41) is 3.64. The highest BCUT2D eigenvalue weighted by molar-refractivity contribution is 6.51. The Morgan fingerprint density at radius 3 is 2.23 bits per heavy atom. The van der Waals surface area contributed by atoms with Crippen molar-refractivity contribution in [2.45, 2.75) is 34.1 Å². The minimum atomic E-state index is 0.0838. The van der Waals surface area contributed by atoms with Crippen molar-refractivity contribution >= 4 is 38.8 Å². The second kappa shape index (κ2) is 9.75. The first-order valence-electron chi connectivity index (χ1n) is 8.95. The van der Waals surface area contributed by atoms with E-state index in [0.717, 1.165) is 37.2 Å². The fourth-order valence-electron chi connectivity index (χ4n) is 2.74. The van der Waals surface area contributed by atoms with E-state index >= 15 is 0 Å². The lowest BCUT2D eigenvalue weighted by Gasteiger charge is -2.20. The topological polar surface area (TPSA) is 12.9 Å². The van der Waals surface area contributed by atoms with Crippen LogP contribution in [0.4, 0.5) is 0 Å². The van der Waals surface area contributed by atoms with Crippen LogP contribution >= 0.6 is 23.2 Å². The summed E-state index contributed by atoms with van der Waals surface area (Å²) in [6.45, 7) is 8.41. The van der Waals surface area contributed by atoms with Crippen LogP contribution < -0.4 is 10.4 Å². The molecule has 0 fully saturated rings. The molecule has 1 nitrogen and oxygen atoms in total. The van der Waals surface area contributed by atoms with Gasteiger partial charge in [0.15, 0.2) is 0 Å². The lowest BCUT2D eigenvalue weighted by atomic mass is 9.92. The third-order valence-electron chi connectivity index (χ3n) is 4.17. The van der Waals surface area contributed by atoms with Crippen molar-refractivity contribution in [3.8, 4) is 0 Å². The van der Waals surface area contributed by atoms with Crippen LogP contribution in [0.5, 0.6) is 0 Å². The van der Waals surface area contributed by atoms with Crippen LogP contribution in [0.1, 0.15) is 39.7 Å². The van der Waals surface area contributed by atoms with Gasteiger partial charge in [-0.2, -0.15) is 0 Å². The highest BCUT2D eigenvalue weighted by Crippen LogP contribution is 2.33. The summed E-state index contributed by atoms with van der Waals surface area (Å²) in [4.78, 5) is 4.05. The molecule has 0 aliphatic heterocycles. The van der Waals surface area contributed by atoms with E-state index in [0.29, 0.717) is 0 Å². The molecule has 1 aromatic heterocycles. The molecule has 136 valence electrons. The van der Waals surface area contributed by atoms with Crippen LogP contribution in [0.25, 0.3) is 15.6 Å². The lowest BCUT2D eigenvalue weighted by molar-refractivity contribution is 0.929. The monoisotopic (exact) mass is 385 g/mol. The predicted octanol–water partition coefficient (Wildman–Crippen LogP) is 5.87. The fourth-order valence-corrected chi connectivity index (χ4v) is 3.42. The summed E-state index contributed by atoms with van der Waals surface area (Å²) >= 11 is 13.2. The van der Waals surface area contributed by atoms with Crippen LogP contribution in [-0.2, 0) is 0 Å². The van der Waals surface area contributed by atoms with Gasteiger partial charge < -0.3 is 0 Å². The fraction of sp³-hybridized carbons (Fsp3) is 0.261. The highest BCUT2D eigenvalue weighted by atomic mass is 35.5. The molecule has 0 saturated heterocycles. The summed E-state index contributed by atoms with van der Waals surface area (Å²) < 4.78 is 0. The lowest BCUT2D eigenvalue weighted by Crippen LogP contribution is -2.33. The third-order valence-corrected chi connectivity index (χ3v) is 5.12. The molecular weight excluding hydrogens is 361 g/mol. The number of fused-ring (bicyclic) bond motifs is 1.